The van der Waals surface area contributed by atoms with Gasteiger partial charge in [0.2, 0.25) is 0 Å². The van der Waals surface area contributed by atoms with Crippen LogP contribution in [0.2, 0.25) is 0 Å². The summed E-state index contributed by atoms with van der Waals surface area (Å²) in [6.07, 6.45) is 0.515. The van der Waals surface area contributed by atoms with Gasteiger partial charge in [-0.25, -0.2) is 8.42 Å². The van der Waals surface area contributed by atoms with Crippen LogP contribution in [0.5, 0.6) is 0 Å². The Labute approximate surface area is 111 Å². The fraction of sp³-hybridized carbons (Fsp3) is 0.364. The Morgan fingerprint density at radius 2 is 2.05 bits per heavy atom. The zero-order chi connectivity index (χ0) is 14.5. The highest BCUT2D eigenvalue weighted by atomic mass is 32.2. The SMILES string of the molecule is CCCN(CC#N)S(=O)(=O)c1ccccc1[N+](=O)[O-]. The Kier molecular flexibility index (Phi) is 4.97. The average Bonchev–Trinajstić information content (AvgIpc) is 2.38. The molecule has 0 amide bonds. The van der Waals surface area contributed by atoms with Gasteiger partial charge in [0, 0.05) is 12.6 Å². The van der Waals surface area contributed by atoms with Gasteiger partial charge in [-0.3, -0.25) is 10.1 Å². The van der Waals surface area contributed by atoms with Crippen LogP contribution >= 0.6 is 0 Å². The lowest BCUT2D eigenvalue weighted by Gasteiger charge is -2.18. The highest BCUT2D eigenvalue weighted by Crippen LogP contribution is 2.26. The van der Waals surface area contributed by atoms with Crippen LogP contribution in [0.1, 0.15) is 13.3 Å². The van der Waals surface area contributed by atoms with Crippen LogP contribution in [-0.2, 0) is 10.0 Å². The van der Waals surface area contributed by atoms with Gasteiger partial charge in [0.25, 0.3) is 15.7 Å². The molecular weight excluding hydrogens is 270 g/mol. The summed E-state index contributed by atoms with van der Waals surface area (Å²) in [7, 11) is -4.03. The third-order valence-corrected chi connectivity index (χ3v) is 4.29. The molecule has 0 radical (unpaired) electrons. The molecule has 0 aliphatic carbocycles. The molecule has 0 N–H and O–H groups in total. The number of sulfonamides is 1. The van der Waals surface area contributed by atoms with Gasteiger partial charge in [0.15, 0.2) is 4.90 Å². The van der Waals surface area contributed by atoms with Crippen LogP contribution in [0.4, 0.5) is 5.69 Å². The molecule has 0 aliphatic rings. The molecule has 0 aromatic heterocycles. The third-order valence-electron chi connectivity index (χ3n) is 2.40. The number of nitro benzene ring substituents is 1. The topological polar surface area (TPSA) is 104 Å². The second-order valence-electron chi connectivity index (χ2n) is 3.72. The van der Waals surface area contributed by atoms with Crippen LogP contribution in [0.25, 0.3) is 0 Å². The Bertz CT molecular complexity index is 607. The molecule has 1 aromatic carbocycles. The smallest absolute Gasteiger partial charge is 0.258 e. The van der Waals surface area contributed by atoms with Crippen LogP contribution in [0, 0.1) is 21.4 Å². The molecule has 1 rings (SSSR count). The van der Waals surface area contributed by atoms with Gasteiger partial charge in [-0.15, -0.1) is 0 Å². The monoisotopic (exact) mass is 283 g/mol. The largest absolute Gasteiger partial charge is 0.289 e. The van der Waals surface area contributed by atoms with E-state index in [0.717, 1.165) is 10.4 Å². The van der Waals surface area contributed by atoms with Gasteiger partial charge < -0.3 is 0 Å². The second kappa shape index (κ2) is 6.26. The van der Waals surface area contributed by atoms with Crippen LogP contribution in [-0.4, -0.2) is 30.7 Å². The maximum Gasteiger partial charge on any atom is 0.289 e. The van der Waals surface area contributed by atoms with Gasteiger partial charge >= 0.3 is 0 Å². The van der Waals surface area contributed by atoms with E-state index in [2.05, 4.69) is 0 Å². The number of nitro groups is 1. The second-order valence-corrected chi connectivity index (χ2v) is 5.63. The molecule has 0 unspecified atom stereocenters. The Hall–Kier alpha value is -1.98. The Morgan fingerprint density at radius 3 is 2.58 bits per heavy atom. The van der Waals surface area contributed by atoms with Crippen molar-refractivity contribution in [2.75, 3.05) is 13.1 Å². The van der Waals surface area contributed by atoms with Crippen LogP contribution in [0.3, 0.4) is 0 Å². The molecule has 8 heteroatoms. The quantitative estimate of drug-likeness (QED) is 0.447. The maximum absolute atomic E-state index is 12.3. The molecule has 0 saturated carbocycles. The number of hydrogen-bond donors (Lipinski definition) is 0. The molecule has 0 saturated heterocycles. The normalized spacial score (nSPS) is 11.2. The van der Waals surface area contributed by atoms with Gasteiger partial charge in [-0.1, -0.05) is 19.1 Å². The van der Waals surface area contributed by atoms with Crippen molar-refractivity contribution in [1.82, 2.24) is 4.31 Å². The number of para-hydroxylation sites is 1. The molecule has 19 heavy (non-hydrogen) atoms. The zero-order valence-corrected chi connectivity index (χ0v) is 11.1. The minimum absolute atomic E-state index is 0.141. The summed E-state index contributed by atoms with van der Waals surface area (Å²) in [5.41, 5.74) is -0.485. The summed E-state index contributed by atoms with van der Waals surface area (Å²) < 4.78 is 25.6. The molecular formula is C11H13N3O4S. The first-order valence-corrected chi connectivity index (χ1v) is 6.99. The van der Waals surface area contributed by atoms with E-state index in [4.69, 9.17) is 5.26 Å². The molecule has 0 spiro atoms. The number of rotatable bonds is 6. The summed E-state index contributed by atoms with van der Waals surface area (Å²) in [6, 6.07) is 6.86. The summed E-state index contributed by atoms with van der Waals surface area (Å²) >= 11 is 0. The predicted octanol–water partition coefficient (Wildman–Crippen LogP) is 1.52. The van der Waals surface area contributed by atoms with E-state index in [-0.39, 0.29) is 18.0 Å². The minimum atomic E-state index is -4.03. The van der Waals surface area contributed by atoms with Crippen molar-refractivity contribution >= 4 is 15.7 Å². The highest BCUT2D eigenvalue weighted by molar-refractivity contribution is 7.89. The molecule has 0 fully saturated rings. The predicted molar refractivity (Wildman–Crippen MR) is 67.8 cm³/mol. The van der Waals surface area contributed by atoms with Crippen molar-refractivity contribution in [2.24, 2.45) is 0 Å². The van der Waals surface area contributed by atoms with Crippen molar-refractivity contribution in [1.29, 1.82) is 5.26 Å². The molecule has 7 nitrogen and oxygen atoms in total. The summed E-state index contributed by atoms with van der Waals surface area (Å²) in [4.78, 5) is 9.73. The van der Waals surface area contributed by atoms with E-state index < -0.39 is 20.6 Å². The standard InChI is InChI=1S/C11H13N3O4S/c1-2-8-13(9-7-12)19(17,18)11-6-4-3-5-10(11)14(15)16/h3-6H,2,8-9H2,1H3. The van der Waals surface area contributed by atoms with Gasteiger partial charge in [0.1, 0.15) is 6.54 Å². The van der Waals surface area contributed by atoms with Crippen LogP contribution < -0.4 is 0 Å². The van der Waals surface area contributed by atoms with Crippen molar-refractivity contribution in [3.05, 3.63) is 34.4 Å². The first kappa shape index (κ1) is 15.1. The molecule has 0 bridgehead atoms. The minimum Gasteiger partial charge on any atom is -0.258 e. The summed E-state index contributed by atoms with van der Waals surface area (Å²) in [6.45, 7) is 1.57. The molecule has 1 aromatic rings. The summed E-state index contributed by atoms with van der Waals surface area (Å²) in [5, 5.41) is 19.5. The maximum atomic E-state index is 12.3. The molecule has 0 aliphatic heterocycles. The Morgan fingerprint density at radius 1 is 1.42 bits per heavy atom. The van der Waals surface area contributed by atoms with E-state index in [1.807, 2.05) is 0 Å². The highest BCUT2D eigenvalue weighted by Gasteiger charge is 2.30. The van der Waals surface area contributed by atoms with Crippen LogP contribution in [0.15, 0.2) is 29.2 Å². The number of benzene rings is 1. The van der Waals surface area contributed by atoms with Crippen molar-refractivity contribution in [2.45, 2.75) is 18.2 Å². The van der Waals surface area contributed by atoms with E-state index in [9.17, 15) is 18.5 Å². The summed E-state index contributed by atoms with van der Waals surface area (Å²) in [5.74, 6) is 0. The molecule has 0 heterocycles. The fourth-order valence-corrected chi connectivity index (χ4v) is 3.16. The van der Waals surface area contributed by atoms with E-state index >= 15 is 0 Å². The number of nitrogens with zero attached hydrogens (tertiary/aromatic N) is 3. The van der Waals surface area contributed by atoms with E-state index in [0.29, 0.717) is 6.42 Å². The van der Waals surface area contributed by atoms with Crippen molar-refractivity contribution in [3.8, 4) is 6.07 Å². The van der Waals surface area contributed by atoms with E-state index in [1.54, 1.807) is 13.0 Å². The lowest BCUT2D eigenvalue weighted by molar-refractivity contribution is -0.387. The molecule has 102 valence electrons. The lowest BCUT2D eigenvalue weighted by Crippen LogP contribution is -2.32. The fourth-order valence-electron chi connectivity index (χ4n) is 1.58. The lowest BCUT2D eigenvalue weighted by atomic mass is 10.3. The third kappa shape index (κ3) is 3.27. The van der Waals surface area contributed by atoms with Gasteiger partial charge in [0.05, 0.1) is 11.0 Å². The molecule has 0 atom stereocenters. The van der Waals surface area contributed by atoms with Crippen molar-refractivity contribution < 1.29 is 13.3 Å². The zero-order valence-electron chi connectivity index (χ0n) is 10.3. The Balaban J connectivity index is 3.34. The number of nitriles is 1. The van der Waals surface area contributed by atoms with E-state index in [1.165, 1.54) is 18.2 Å². The first-order chi connectivity index (χ1) is 8.95. The first-order valence-electron chi connectivity index (χ1n) is 5.55. The van der Waals surface area contributed by atoms with Gasteiger partial charge in [-0.2, -0.15) is 9.57 Å². The number of hydrogen-bond acceptors (Lipinski definition) is 5. The van der Waals surface area contributed by atoms with Gasteiger partial charge in [-0.05, 0) is 12.5 Å². The van der Waals surface area contributed by atoms with Crippen molar-refractivity contribution in [3.63, 3.8) is 0 Å². The average molecular weight is 283 g/mol.